The highest BCUT2D eigenvalue weighted by atomic mass is 32.2. The molecular formula is CH2O4S. The van der Waals surface area contributed by atoms with Gasteiger partial charge in [0, 0.05) is 0 Å². The fraction of sp³-hybridized carbons (Fsp3) is 0. The average Bonchev–Trinajstić information content (AvgIpc) is 1.35. The number of hydrogen-bond acceptors (Lipinski definition) is 3. The molecule has 0 rings (SSSR count). The van der Waals surface area contributed by atoms with Gasteiger partial charge in [-0.15, -0.1) is 0 Å². The maximum Gasteiger partial charge on any atom is 0.325 e. The molecule has 0 heterocycles. The van der Waals surface area contributed by atoms with Crippen molar-refractivity contribution in [3.05, 3.63) is 0 Å². The van der Waals surface area contributed by atoms with Crippen LogP contribution in [0.15, 0.2) is 0 Å². The largest absolute Gasteiger partial charge is 0.325 e. The maximum atomic E-state index is 9.19. The van der Waals surface area contributed by atoms with Gasteiger partial charge in [-0.3, -0.25) is 9.35 Å². The van der Waals surface area contributed by atoms with Gasteiger partial charge in [0.05, 0.1) is 0 Å². The Labute approximate surface area is 34.5 Å². The molecule has 0 spiro atoms. The Kier molecular flexibility index (Phi) is 1.26. The number of carbonyl (C=O) groups is 1. The molecule has 0 amide bonds. The van der Waals surface area contributed by atoms with Crippen LogP contribution in [0.3, 0.4) is 0 Å². The zero-order valence-electron chi connectivity index (χ0n) is 2.66. The molecule has 36 valence electrons. The molecule has 6 heavy (non-hydrogen) atoms. The van der Waals surface area contributed by atoms with Crippen LogP contribution in [0, 0.1) is 0 Å². The Balaban J connectivity index is 4.25. The molecular weight excluding hydrogens is 108 g/mol. The lowest BCUT2D eigenvalue weighted by Gasteiger charge is -1.68. The predicted octanol–water partition coefficient (Wildman–Crippen LogP) is -0.936. The van der Waals surface area contributed by atoms with Crippen molar-refractivity contribution in [2.75, 3.05) is 0 Å². The first-order valence-corrected chi connectivity index (χ1v) is 2.49. The maximum absolute atomic E-state index is 9.19. The summed E-state index contributed by atoms with van der Waals surface area (Å²) in [6.45, 7) is 0. The Morgan fingerprint density at radius 2 is 1.67 bits per heavy atom. The third-order valence-electron chi connectivity index (χ3n) is 0.122. The Bertz CT molecular complexity index is 118. The van der Waals surface area contributed by atoms with E-state index in [0.29, 0.717) is 0 Å². The molecule has 4 nitrogen and oxygen atoms in total. The minimum Gasteiger partial charge on any atom is -0.283 e. The molecule has 1 N–H and O–H groups in total. The number of hydrogen-bond donors (Lipinski definition) is 1. The van der Waals surface area contributed by atoms with Gasteiger partial charge in [-0.2, -0.15) is 8.42 Å². The van der Waals surface area contributed by atoms with Crippen molar-refractivity contribution in [1.29, 1.82) is 0 Å². The second-order valence-corrected chi connectivity index (χ2v) is 1.83. The normalized spacial score (nSPS) is 10.8. The van der Waals surface area contributed by atoms with Gasteiger partial charge in [0.2, 0.25) is 0 Å². The van der Waals surface area contributed by atoms with E-state index in [4.69, 9.17) is 9.35 Å². The molecule has 5 heteroatoms. The zero-order valence-corrected chi connectivity index (χ0v) is 3.47. The molecule has 0 aromatic heterocycles. The molecule has 0 saturated heterocycles. The second kappa shape index (κ2) is 1.36. The van der Waals surface area contributed by atoms with Crippen LogP contribution in [0.2, 0.25) is 0 Å². The third-order valence-corrected chi connectivity index (χ3v) is 0.365. The van der Waals surface area contributed by atoms with E-state index in [9.17, 15) is 8.42 Å². The first-order chi connectivity index (χ1) is 2.56. The van der Waals surface area contributed by atoms with E-state index in [1.165, 1.54) is 0 Å². The van der Waals surface area contributed by atoms with E-state index in [1.807, 2.05) is 0 Å². The molecule has 0 fully saturated rings. The van der Waals surface area contributed by atoms with Crippen LogP contribution >= 0.6 is 0 Å². The summed E-state index contributed by atoms with van der Waals surface area (Å²) in [5.74, 6) is 0. The van der Waals surface area contributed by atoms with E-state index < -0.39 is 15.7 Å². The van der Waals surface area contributed by atoms with Gasteiger partial charge < -0.3 is 0 Å². The highest BCUT2D eigenvalue weighted by molar-refractivity contribution is 7.99. The molecule has 0 bridgehead atoms. The first kappa shape index (κ1) is 5.58. The van der Waals surface area contributed by atoms with E-state index >= 15 is 0 Å². The van der Waals surface area contributed by atoms with Crippen molar-refractivity contribution in [3.63, 3.8) is 0 Å². The lowest BCUT2D eigenvalue weighted by Crippen LogP contribution is -1.94. The van der Waals surface area contributed by atoms with Gasteiger partial charge in [0.25, 0.3) is 5.62 Å². The van der Waals surface area contributed by atoms with Crippen LogP contribution in [0.25, 0.3) is 0 Å². The van der Waals surface area contributed by atoms with Crippen molar-refractivity contribution in [2.24, 2.45) is 0 Å². The summed E-state index contributed by atoms with van der Waals surface area (Å²) in [4.78, 5) is 8.99. The lowest BCUT2D eigenvalue weighted by molar-refractivity contribution is 0.487. The molecule has 0 aliphatic heterocycles. The van der Waals surface area contributed by atoms with E-state index in [2.05, 4.69) is 0 Å². The summed E-state index contributed by atoms with van der Waals surface area (Å²) in [6.07, 6.45) is 0. The lowest BCUT2D eigenvalue weighted by atomic mass is 11.8. The van der Waals surface area contributed by atoms with Gasteiger partial charge in [0.1, 0.15) is 0 Å². The molecule has 0 unspecified atom stereocenters. The number of rotatable bonds is 1. The van der Waals surface area contributed by atoms with E-state index in [0.717, 1.165) is 0 Å². The molecule has 0 radical (unpaired) electrons. The molecule has 0 aromatic rings. The topological polar surface area (TPSA) is 71.4 Å². The summed E-state index contributed by atoms with van der Waals surface area (Å²) in [7, 11) is -4.34. The minimum atomic E-state index is -4.34. The van der Waals surface area contributed by atoms with Crippen LogP contribution in [0.5, 0.6) is 0 Å². The smallest absolute Gasteiger partial charge is 0.283 e. The SMILES string of the molecule is O=CS(=O)(=O)O. The molecule has 0 aliphatic carbocycles. The highest BCUT2D eigenvalue weighted by Gasteiger charge is 1.94. The van der Waals surface area contributed by atoms with Crippen molar-refractivity contribution in [3.8, 4) is 0 Å². The first-order valence-electron chi connectivity index (χ1n) is 0.987. The fourth-order valence-corrected chi connectivity index (χ4v) is 0. The van der Waals surface area contributed by atoms with Crippen molar-refractivity contribution < 1.29 is 17.8 Å². The van der Waals surface area contributed by atoms with Crippen LogP contribution in [0.1, 0.15) is 0 Å². The van der Waals surface area contributed by atoms with Crippen LogP contribution in [-0.2, 0) is 14.9 Å². The second-order valence-electron chi connectivity index (χ2n) is 0.611. The average molecular weight is 110 g/mol. The Morgan fingerprint density at radius 1 is 1.50 bits per heavy atom. The summed E-state index contributed by atoms with van der Waals surface area (Å²) in [5.41, 5.74) is -0.535. The van der Waals surface area contributed by atoms with Gasteiger partial charge in [0.15, 0.2) is 0 Å². The monoisotopic (exact) mass is 110 g/mol. The summed E-state index contributed by atoms with van der Waals surface area (Å²) in [6, 6.07) is 0. The van der Waals surface area contributed by atoms with Gasteiger partial charge in [-0.1, -0.05) is 0 Å². The van der Waals surface area contributed by atoms with E-state index in [1.54, 1.807) is 0 Å². The third kappa shape index (κ3) is 3.58. The number of carbonyl (C=O) groups excluding carboxylic acids is 1. The zero-order chi connectivity index (χ0) is 5.21. The van der Waals surface area contributed by atoms with Crippen LogP contribution in [-0.4, -0.2) is 18.6 Å². The van der Waals surface area contributed by atoms with Crippen molar-refractivity contribution >= 4 is 15.7 Å². The van der Waals surface area contributed by atoms with Crippen molar-refractivity contribution in [1.82, 2.24) is 0 Å². The summed E-state index contributed by atoms with van der Waals surface area (Å²) >= 11 is 0. The van der Waals surface area contributed by atoms with Crippen LogP contribution < -0.4 is 0 Å². The Morgan fingerprint density at radius 3 is 1.67 bits per heavy atom. The standard InChI is InChI=1S/CH2O4S/c2-1-6(3,4)5/h1H,(H,3,4,5). The highest BCUT2D eigenvalue weighted by Crippen LogP contribution is 1.64. The van der Waals surface area contributed by atoms with Gasteiger partial charge in [-0.25, -0.2) is 0 Å². The van der Waals surface area contributed by atoms with Gasteiger partial charge in [-0.05, 0) is 0 Å². The molecule has 0 aromatic carbocycles. The summed E-state index contributed by atoms with van der Waals surface area (Å²) < 4.78 is 25.8. The summed E-state index contributed by atoms with van der Waals surface area (Å²) in [5, 5.41) is 0. The molecule has 0 atom stereocenters. The predicted molar refractivity (Wildman–Crippen MR) is 18.3 cm³/mol. The van der Waals surface area contributed by atoms with Crippen molar-refractivity contribution in [2.45, 2.75) is 0 Å². The van der Waals surface area contributed by atoms with Crippen LogP contribution in [0.4, 0.5) is 0 Å². The van der Waals surface area contributed by atoms with E-state index in [-0.39, 0.29) is 0 Å². The Hall–Kier alpha value is -0.420. The molecule has 0 aliphatic rings. The minimum absolute atomic E-state index is 0.535. The quantitative estimate of drug-likeness (QED) is 0.349. The van der Waals surface area contributed by atoms with Gasteiger partial charge >= 0.3 is 10.1 Å². The fourth-order valence-electron chi connectivity index (χ4n) is 0. The molecule has 0 saturated carbocycles.